The molecule has 0 aromatic heterocycles. The van der Waals surface area contributed by atoms with Gasteiger partial charge < -0.3 is 21.1 Å². The van der Waals surface area contributed by atoms with Crippen LogP contribution in [0.2, 0.25) is 0 Å². The highest BCUT2D eigenvalue weighted by Crippen LogP contribution is 2.01. The molecule has 118 valence electrons. The van der Waals surface area contributed by atoms with Crippen LogP contribution in [0.1, 0.15) is 0 Å². The lowest BCUT2D eigenvalue weighted by atomic mass is 10.3. The lowest BCUT2D eigenvalue weighted by Gasteiger charge is -1.94. The molecule has 0 heterocycles. The van der Waals surface area contributed by atoms with Crippen LogP contribution < -0.4 is 22.5 Å². The number of carboxylic acids is 2. The van der Waals surface area contributed by atoms with E-state index in [1.165, 1.54) is 0 Å². The van der Waals surface area contributed by atoms with Crippen LogP contribution in [0.25, 0.3) is 0 Å². The highest BCUT2D eigenvalue weighted by molar-refractivity contribution is 6.27. The topological polar surface area (TPSA) is 151 Å². The zero-order chi connectivity index (χ0) is 16.8. The van der Waals surface area contributed by atoms with E-state index in [1.807, 2.05) is 60.7 Å². The average Bonchev–Trinajstić information content (AvgIpc) is 2.57. The summed E-state index contributed by atoms with van der Waals surface area (Å²) < 4.78 is 0. The standard InChI is InChI=1S/2C6H8N2.C2H2O4/c2*7-8-6-4-2-1-3-5-6;3-1(4)2(5)6/h2*1-5,8H,7H2;(H,3,4)(H,5,6). The fourth-order valence-corrected chi connectivity index (χ4v) is 1.07. The van der Waals surface area contributed by atoms with Crippen LogP contribution in [0.4, 0.5) is 11.4 Å². The number of hydrogen-bond acceptors (Lipinski definition) is 6. The molecule has 0 fully saturated rings. The van der Waals surface area contributed by atoms with Gasteiger partial charge in [-0.3, -0.25) is 11.7 Å². The highest BCUT2D eigenvalue weighted by atomic mass is 16.4. The molecule has 8 heteroatoms. The molecule has 0 atom stereocenters. The van der Waals surface area contributed by atoms with Crippen molar-refractivity contribution < 1.29 is 19.8 Å². The molecule has 2 rings (SSSR count). The smallest absolute Gasteiger partial charge is 0.414 e. The fourth-order valence-electron chi connectivity index (χ4n) is 1.07. The van der Waals surface area contributed by atoms with Gasteiger partial charge in [0.05, 0.1) is 0 Å². The van der Waals surface area contributed by atoms with E-state index in [0.29, 0.717) is 0 Å². The molecular formula is C14H18N4O4. The monoisotopic (exact) mass is 306 g/mol. The number of benzene rings is 2. The average molecular weight is 306 g/mol. The van der Waals surface area contributed by atoms with Crippen molar-refractivity contribution in [2.24, 2.45) is 11.7 Å². The number of rotatable bonds is 2. The summed E-state index contributed by atoms with van der Waals surface area (Å²) in [6.45, 7) is 0. The maximum Gasteiger partial charge on any atom is 0.414 e. The molecule has 0 aliphatic rings. The van der Waals surface area contributed by atoms with Gasteiger partial charge in [0, 0.05) is 11.4 Å². The molecule has 0 amide bonds. The summed E-state index contributed by atoms with van der Waals surface area (Å²) in [7, 11) is 0. The quantitative estimate of drug-likeness (QED) is 0.274. The first-order valence-corrected chi connectivity index (χ1v) is 6.00. The summed E-state index contributed by atoms with van der Waals surface area (Å²) >= 11 is 0. The molecule has 2 aromatic carbocycles. The van der Waals surface area contributed by atoms with Gasteiger partial charge >= 0.3 is 11.9 Å². The van der Waals surface area contributed by atoms with E-state index in [0.717, 1.165) is 11.4 Å². The van der Waals surface area contributed by atoms with Crippen molar-refractivity contribution in [3.05, 3.63) is 60.7 Å². The van der Waals surface area contributed by atoms with Crippen LogP contribution in [-0.4, -0.2) is 22.2 Å². The predicted octanol–water partition coefficient (Wildman–Crippen LogP) is 1.10. The number of nitrogens with two attached hydrogens (primary N) is 2. The minimum Gasteiger partial charge on any atom is -0.473 e. The molecule has 0 bridgehead atoms. The van der Waals surface area contributed by atoms with E-state index >= 15 is 0 Å². The lowest BCUT2D eigenvalue weighted by Crippen LogP contribution is -2.09. The Morgan fingerprint density at radius 1 is 0.682 bits per heavy atom. The summed E-state index contributed by atoms with van der Waals surface area (Å²) in [5.41, 5.74) is 6.93. The van der Waals surface area contributed by atoms with Gasteiger partial charge in [0.2, 0.25) is 0 Å². The largest absolute Gasteiger partial charge is 0.473 e. The van der Waals surface area contributed by atoms with Crippen LogP contribution in [0.15, 0.2) is 60.7 Å². The first-order chi connectivity index (χ1) is 10.5. The van der Waals surface area contributed by atoms with E-state index in [1.54, 1.807) is 0 Å². The van der Waals surface area contributed by atoms with E-state index in [9.17, 15) is 0 Å². The molecule has 22 heavy (non-hydrogen) atoms. The Morgan fingerprint density at radius 2 is 0.955 bits per heavy atom. The highest BCUT2D eigenvalue weighted by Gasteiger charge is 2.04. The molecule has 8 nitrogen and oxygen atoms in total. The van der Waals surface area contributed by atoms with Crippen molar-refractivity contribution in [1.82, 2.24) is 0 Å². The number of hydrazine groups is 2. The van der Waals surface area contributed by atoms with Gasteiger partial charge in [0.15, 0.2) is 0 Å². The molecule has 0 aliphatic heterocycles. The van der Waals surface area contributed by atoms with Gasteiger partial charge in [-0.2, -0.15) is 0 Å². The van der Waals surface area contributed by atoms with Gasteiger partial charge in [0.25, 0.3) is 0 Å². The van der Waals surface area contributed by atoms with Gasteiger partial charge in [-0.25, -0.2) is 9.59 Å². The van der Waals surface area contributed by atoms with Crippen molar-refractivity contribution in [2.75, 3.05) is 10.9 Å². The maximum absolute atomic E-state index is 9.10. The Hall–Kier alpha value is -3.10. The second kappa shape index (κ2) is 11.7. The molecule has 0 spiro atoms. The second-order valence-corrected chi connectivity index (χ2v) is 3.63. The number of nitrogens with one attached hydrogen (secondary N) is 2. The predicted molar refractivity (Wildman–Crippen MR) is 83.8 cm³/mol. The fraction of sp³-hybridized carbons (Fsp3) is 0. The molecule has 0 saturated carbocycles. The SMILES string of the molecule is NNc1ccccc1.NNc1ccccc1.O=C(O)C(=O)O. The van der Waals surface area contributed by atoms with E-state index in [4.69, 9.17) is 31.5 Å². The summed E-state index contributed by atoms with van der Waals surface area (Å²) in [6, 6.07) is 19.2. The van der Waals surface area contributed by atoms with E-state index < -0.39 is 11.9 Å². The van der Waals surface area contributed by atoms with Crippen molar-refractivity contribution in [3.63, 3.8) is 0 Å². The van der Waals surface area contributed by atoms with Crippen LogP contribution in [0.3, 0.4) is 0 Å². The molecule has 8 N–H and O–H groups in total. The van der Waals surface area contributed by atoms with Gasteiger partial charge in [-0.15, -0.1) is 0 Å². The number of nitrogen functional groups attached to an aromatic ring is 2. The Labute approximate surface area is 127 Å². The third-order valence-electron chi connectivity index (χ3n) is 2.06. The summed E-state index contributed by atoms with van der Waals surface area (Å²) in [5.74, 6) is 6.55. The summed E-state index contributed by atoms with van der Waals surface area (Å²) in [4.78, 5) is 18.2. The molecular weight excluding hydrogens is 288 g/mol. The Morgan fingerprint density at radius 3 is 1.09 bits per heavy atom. The summed E-state index contributed by atoms with van der Waals surface area (Å²) in [5, 5.41) is 14.8. The number of para-hydroxylation sites is 2. The third kappa shape index (κ3) is 9.78. The molecule has 0 aliphatic carbocycles. The van der Waals surface area contributed by atoms with E-state index in [2.05, 4.69) is 10.9 Å². The molecule has 2 aromatic rings. The minimum atomic E-state index is -1.82. The molecule has 0 radical (unpaired) electrons. The first kappa shape index (κ1) is 18.9. The van der Waals surface area contributed by atoms with Crippen molar-refractivity contribution in [3.8, 4) is 0 Å². The van der Waals surface area contributed by atoms with Crippen LogP contribution >= 0.6 is 0 Å². The van der Waals surface area contributed by atoms with Gasteiger partial charge in [0.1, 0.15) is 0 Å². The van der Waals surface area contributed by atoms with Crippen molar-refractivity contribution in [1.29, 1.82) is 0 Å². The number of hydrogen-bond donors (Lipinski definition) is 6. The second-order valence-electron chi connectivity index (χ2n) is 3.63. The maximum atomic E-state index is 9.10. The van der Waals surface area contributed by atoms with Crippen LogP contribution in [0, 0.1) is 0 Å². The first-order valence-electron chi connectivity index (χ1n) is 6.00. The zero-order valence-electron chi connectivity index (χ0n) is 11.6. The zero-order valence-corrected chi connectivity index (χ0v) is 11.6. The number of carbonyl (C=O) groups is 2. The number of anilines is 2. The third-order valence-corrected chi connectivity index (χ3v) is 2.06. The number of aliphatic carboxylic acids is 2. The minimum absolute atomic E-state index is 0.938. The Kier molecular flexibility index (Phi) is 10.1. The Bertz CT molecular complexity index is 498. The number of carboxylic acid groups (broad SMARTS) is 2. The van der Waals surface area contributed by atoms with Crippen molar-refractivity contribution >= 4 is 23.3 Å². The van der Waals surface area contributed by atoms with E-state index in [-0.39, 0.29) is 0 Å². The van der Waals surface area contributed by atoms with Gasteiger partial charge in [-0.1, -0.05) is 36.4 Å². The normalized spacial score (nSPS) is 8.27. The Balaban J connectivity index is 0.000000306. The van der Waals surface area contributed by atoms with Crippen LogP contribution in [-0.2, 0) is 9.59 Å². The molecule has 0 unspecified atom stereocenters. The summed E-state index contributed by atoms with van der Waals surface area (Å²) in [6.07, 6.45) is 0. The van der Waals surface area contributed by atoms with Crippen molar-refractivity contribution in [2.45, 2.75) is 0 Å². The van der Waals surface area contributed by atoms with Gasteiger partial charge in [-0.05, 0) is 24.3 Å². The lowest BCUT2D eigenvalue weighted by molar-refractivity contribution is -0.159. The van der Waals surface area contributed by atoms with Crippen LogP contribution in [0.5, 0.6) is 0 Å². The molecule has 0 saturated heterocycles.